The first-order chi connectivity index (χ1) is 17.1. The highest BCUT2D eigenvalue weighted by Crippen LogP contribution is 2.55. The Balaban J connectivity index is 1.61. The van der Waals surface area contributed by atoms with E-state index in [0.717, 1.165) is 43.4 Å². The molecule has 0 N–H and O–H groups in total. The topological polar surface area (TPSA) is 30.8 Å². The summed E-state index contributed by atoms with van der Waals surface area (Å²) in [6.45, 7) is 0. The zero-order valence-corrected chi connectivity index (χ0v) is 22.0. The second-order valence-corrected chi connectivity index (χ2v) is 11.1. The molecule has 3 unspecified atom stereocenters. The van der Waals surface area contributed by atoms with Crippen LogP contribution in [0.15, 0.2) is 105 Å². The van der Waals surface area contributed by atoms with Crippen LogP contribution in [-0.2, 0) is 0 Å². The van der Waals surface area contributed by atoms with E-state index >= 15 is 0 Å². The first-order valence-electron chi connectivity index (χ1n) is 11.3. The Bertz CT molecular complexity index is 1420. The van der Waals surface area contributed by atoms with Crippen LogP contribution in [0.1, 0.15) is 28.0 Å². The fourth-order valence-corrected chi connectivity index (χ4v) is 6.88. The first kappa shape index (κ1) is 22.7. The Morgan fingerprint density at radius 2 is 1.71 bits per heavy atom. The molecule has 2 aliphatic rings. The lowest BCUT2D eigenvalue weighted by molar-refractivity contribution is 0.156. The van der Waals surface area contributed by atoms with Crippen LogP contribution in [-0.4, -0.2) is 12.8 Å². The number of ether oxygens (including phenoxy) is 2. The van der Waals surface area contributed by atoms with Gasteiger partial charge in [0.05, 0.1) is 24.4 Å². The minimum atomic E-state index is -0.207. The zero-order valence-electron chi connectivity index (χ0n) is 18.8. The molecular formula is C29H21BrClNO2S. The smallest absolute Gasteiger partial charge is 0.134 e. The number of hydrogen-bond acceptors (Lipinski definition) is 4. The predicted octanol–water partition coefficient (Wildman–Crippen LogP) is 8.83. The maximum Gasteiger partial charge on any atom is 0.134 e. The Morgan fingerprint density at radius 1 is 0.914 bits per heavy atom. The zero-order chi connectivity index (χ0) is 23.9. The van der Waals surface area contributed by atoms with Gasteiger partial charge in [-0.05, 0) is 59.7 Å². The number of methoxy groups -OCH3 is 1. The molecule has 6 rings (SSSR count). The van der Waals surface area contributed by atoms with E-state index in [1.165, 1.54) is 5.56 Å². The van der Waals surface area contributed by atoms with E-state index in [9.17, 15) is 0 Å². The molecule has 6 heteroatoms. The van der Waals surface area contributed by atoms with Crippen LogP contribution < -0.4 is 9.47 Å². The predicted molar refractivity (Wildman–Crippen MR) is 147 cm³/mol. The molecule has 0 radical (unpaired) electrons. The number of benzene rings is 4. The van der Waals surface area contributed by atoms with Gasteiger partial charge in [0.1, 0.15) is 17.6 Å². The molecule has 35 heavy (non-hydrogen) atoms. The molecule has 174 valence electrons. The molecular weight excluding hydrogens is 542 g/mol. The van der Waals surface area contributed by atoms with Crippen LogP contribution in [0.25, 0.3) is 0 Å². The highest BCUT2D eigenvalue weighted by Gasteiger charge is 2.44. The van der Waals surface area contributed by atoms with E-state index < -0.39 is 0 Å². The molecule has 0 bridgehead atoms. The molecule has 2 aliphatic heterocycles. The summed E-state index contributed by atoms with van der Waals surface area (Å²) in [4.78, 5) is 6.40. The molecule has 0 aliphatic carbocycles. The van der Waals surface area contributed by atoms with E-state index in [0.29, 0.717) is 5.02 Å². The molecule has 0 spiro atoms. The standard InChI is InChI=1S/C29H21BrClNO2S/c1-33-21-11-7-18(8-12-21)29-26-27(32-23-13-9-19(30)15-25(23)35-29)22-16-20(31)10-14-24(22)34-28(26)17-5-3-2-4-6-17/h2-16,26,28-29H,1H3. The van der Waals surface area contributed by atoms with Crippen LogP contribution in [0.2, 0.25) is 5.02 Å². The Kier molecular flexibility index (Phi) is 6.09. The maximum atomic E-state index is 6.73. The van der Waals surface area contributed by atoms with Gasteiger partial charge < -0.3 is 9.47 Å². The second-order valence-electron chi connectivity index (χ2n) is 8.54. The van der Waals surface area contributed by atoms with Crippen molar-refractivity contribution in [3.8, 4) is 11.5 Å². The van der Waals surface area contributed by atoms with Crippen molar-refractivity contribution in [2.75, 3.05) is 7.11 Å². The molecule has 4 aromatic rings. The first-order valence-corrected chi connectivity index (χ1v) is 13.4. The molecule has 4 aromatic carbocycles. The van der Waals surface area contributed by atoms with Crippen molar-refractivity contribution in [1.29, 1.82) is 0 Å². The van der Waals surface area contributed by atoms with Crippen molar-refractivity contribution in [2.45, 2.75) is 16.2 Å². The van der Waals surface area contributed by atoms with Gasteiger partial charge in [0, 0.05) is 25.2 Å². The molecule has 2 heterocycles. The highest BCUT2D eigenvalue weighted by molar-refractivity contribution is 9.10. The van der Waals surface area contributed by atoms with Gasteiger partial charge in [0.15, 0.2) is 0 Å². The largest absolute Gasteiger partial charge is 0.497 e. The van der Waals surface area contributed by atoms with Crippen LogP contribution in [0.5, 0.6) is 11.5 Å². The van der Waals surface area contributed by atoms with Gasteiger partial charge in [-0.15, -0.1) is 11.8 Å². The highest BCUT2D eigenvalue weighted by atomic mass is 79.9. The normalized spacial score (nSPS) is 20.4. The van der Waals surface area contributed by atoms with Gasteiger partial charge in [-0.25, -0.2) is 0 Å². The monoisotopic (exact) mass is 561 g/mol. The molecule has 0 saturated carbocycles. The Morgan fingerprint density at radius 3 is 2.49 bits per heavy atom. The van der Waals surface area contributed by atoms with Gasteiger partial charge in [0.25, 0.3) is 0 Å². The lowest BCUT2D eigenvalue weighted by Gasteiger charge is -2.38. The van der Waals surface area contributed by atoms with E-state index in [-0.39, 0.29) is 17.3 Å². The molecule has 0 amide bonds. The minimum Gasteiger partial charge on any atom is -0.497 e. The minimum absolute atomic E-state index is 0.0482. The summed E-state index contributed by atoms with van der Waals surface area (Å²) in [6.07, 6.45) is -0.207. The average Bonchev–Trinajstić information content (AvgIpc) is 3.06. The van der Waals surface area contributed by atoms with Crippen molar-refractivity contribution in [1.82, 2.24) is 0 Å². The Labute approximate surface area is 222 Å². The lowest BCUT2D eigenvalue weighted by atomic mass is 9.80. The second kappa shape index (κ2) is 9.38. The number of halogens is 2. The van der Waals surface area contributed by atoms with Gasteiger partial charge in [-0.2, -0.15) is 0 Å². The summed E-state index contributed by atoms with van der Waals surface area (Å²) in [5.41, 5.74) is 5.21. The molecule has 0 fully saturated rings. The summed E-state index contributed by atoms with van der Waals surface area (Å²) in [6, 6.07) is 30.8. The van der Waals surface area contributed by atoms with Crippen molar-refractivity contribution in [2.24, 2.45) is 10.9 Å². The third kappa shape index (κ3) is 4.26. The SMILES string of the molecule is COc1ccc(C2Sc3cc(Br)ccc3N=C3c4cc(Cl)ccc4OC(c4ccccc4)C32)cc1. The summed E-state index contributed by atoms with van der Waals surface area (Å²) in [5, 5.41) is 0.716. The fourth-order valence-electron chi connectivity index (χ4n) is 4.78. The summed E-state index contributed by atoms with van der Waals surface area (Å²) >= 11 is 11.9. The Hall–Kier alpha value is -2.73. The molecule has 0 aromatic heterocycles. The number of nitrogens with zero attached hydrogens (tertiary/aromatic N) is 1. The van der Waals surface area contributed by atoms with Crippen LogP contribution in [0.4, 0.5) is 5.69 Å². The van der Waals surface area contributed by atoms with Crippen molar-refractivity contribution in [3.63, 3.8) is 0 Å². The number of aliphatic imine (C=N–C) groups is 1. The van der Waals surface area contributed by atoms with Crippen LogP contribution in [0.3, 0.4) is 0 Å². The third-order valence-corrected chi connectivity index (χ3v) is 8.56. The van der Waals surface area contributed by atoms with Crippen LogP contribution in [0, 0.1) is 5.92 Å². The summed E-state index contributed by atoms with van der Waals surface area (Å²) in [7, 11) is 1.69. The number of thioether (sulfide) groups is 1. The van der Waals surface area contributed by atoms with E-state index in [1.54, 1.807) is 7.11 Å². The number of rotatable bonds is 3. The van der Waals surface area contributed by atoms with E-state index in [1.807, 2.05) is 54.2 Å². The third-order valence-electron chi connectivity index (χ3n) is 6.43. The fraction of sp³-hybridized carbons (Fsp3) is 0.138. The van der Waals surface area contributed by atoms with E-state index in [2.05, 4.69) is 64.5 Å². The summed E-state index contributed by atoms with van der Waals surface area (Å²) in [5.74, 6) is 1.59. The van der Waals surface area contributed by atoms with Gasteiger partial charge in [-0.1, -0.05) is 70.0 Å². The number of fused-ring (bicyclic) bond motifs is 4. The van der Waals surface area contributed by atoms with Gasteiger partial charge in [0.2, 0.25) is 0 Å². The lowest BCUT2D eigenvalue weighted by Crippen LogP contribution is -2.35. The maximum absolute atomic E-state index is 6.73. The van der Waals surface area contributed by atoms with Crippen molar-refractivity contribution < 1.29 is 9.47 Å². The number of hydrogen-bond donors (Lipinski definition) is 0. The average molecular weight is 563 g/mol. The quantitative estimate of drug-likeness (QED) is 0.250. The molecule has 3 nitrogen and oxygen atoms in total. The summed E-state index contributed by atoms with van der Waals surface area (Å²) < 4.78 is 13.2. The molecule has 0 saturated heterocycles. The molecule has 3 atom stereocenters. The van der Waals surface area contributed by atoms with Crippen LogP contribution >= 0.6 is 39.3 Å². The van der Waals surface area contributed by atoms with E-state index in [4.69, 9.17) is 26.1 Å². The van der Waals surface area contributed by atoms with Crippen molar-refractivity contribution >= 4 is 50.7 Å². The van der Waals surface area contributed by atoms with Gasteiger partial charge in [-0.3, -0.25) is 4.99 Å². The van der Waals surface area contributed by atoms with Gasteiger partial charge >= 0.3 is 0 Å². The van der Waals surface area contributed by atoms with Crippen molar-refractivity contribution in [3.05, 3.63) is 117 Å².